The van der Waals surface area contributed by atoms with Gasteiger partial charge in [-0.25, -0.2) is 4.79 Å². The Balaban J connectivity index is 3.65. The predicted octanol–water partition coefficient (Wildman–Crippen LogP) is 0.0907. The van der Waals surface area contributed by atoms with E-state index in [1.165, 1.54) is 7.11 Å². The van der Waals surface area contributed by atoms with Crippen LogP contribution in [0.4, 0.5) is 0 Å². The number of methoxy groups -OCH3 is 1. The average molecular weight is 203 g/mol. The maximum Gasteiger partial charge on any atom is 0.328 e. The summed E-state index contributed by atoms with van der Waals surface area (Å²) in [5.74, 6) is -0.773. The van der Waals surface area contributed by atoms with E-state index in [0.717, 1.165) is 6.42 Å². The molecule has 0 aromatic rings. The Labute approximate surface area is 83.8 Å². The molecule has 1 amide bonds. The van der Waals surface area contributed by atoms with Crippen LogP contribution in [0.1, 0.15) is 20.3 Å². The van der Waals surface area contributed by atoms with Gasteiger partial charge in [0.1, 0.15) is 12.6 Å². The number of carbonyl (C=O) groups excluding carboxylic acids is 2. The Morgan fingerprint density at radius 2 is 2.07 bits per heavy atom. The van der Waals surface area contributed by atoms with Gasteiger partial charge >= 0.3 is 5.97 Å². The fourth-order valence-corrected chi connectivity index (χ4v) is 0.828. The summed E-state index contributed by atoms with van der Waals surface area (Å²) in [5, 5.41) is 2.45. The summed E-state index contributed by atoms with van der Waals surface area (Å²) in [6.45, 7) is 4.04. The number of carbonyl (C=O) groups is 2. The minimum Gasteiger partial charge on any atom is -0.467 e. The summed E-state index contributed by atoms with van der Waals surface area (Å²) in [7, 11) is 1.28. The van der Waals surface area contributed by atoms with E-state index in [-0.39, 0.29) is 12.5 Å². The Bertz CT molecular complexity index is 193. The molecule has 82 valence electrons. The third kappa shape index (κ3) is 5.53. The van der Waals surface area contributed by atoms with E-state index in [2.05, 4.69) is 10.1 Å². The van der Waals surface area contributed by atoms with Crippen LogP contribution in [0.15, 0.2) is 0 Å². The lowest BCUT2D eigenvalue weighted by Gasteiger charge is -2.11. The van der Waals surface area contributed by atoms with Gasteiger partial charge in [0, 0.05) is 6.61 Å². The smallest absolute Gasteiger partial charge is 0.328 e. The molecule has 0 aliphatic heterocycles. The van der Waals surface area contributed by atoms with Gasteiger partial charge in [0.05, 0.1) is 7.11 Å². The fourth-order valence-electron chi connectivity index (χ4n) is 0.828. The molecular weight excluding hydrogens is 186 g/mol. The van der Waals surface area contributed by atoms with Crippen LogP contribution in [0.2, 0.25) is 0 Å². The molecule has 1 unspecified atom stereocenters. The summed E-state index contributed by atoms with van der Waals surface area (Å²) < 4.78 is 9.44. The second-order valence-corrected chi connectivity index (χ2v) is 2.86. The Morgan fingerprint density at radius 3 is 2.57 bits per heavy atom. The first-order valence-electron chi connectivity index (χ1n) is 4.56. The lowest BCUT2D eigenvalue weighted by Crippen LogP contribution is -2.41. The summed E-state index contributed by atoms with van der Waals surface area (Å²) in [4.78, 5) is 22.0. The van der Waals surface area contributed by atoms with Gasteiger partial charge in [0.2, 0.25) is 5.91 Å². The maximum atomic E-state index is 11.1. The first-order valence-corrected chi connectivity index (χ1v) is 4.56. The molecule has 0 saturated carbocycles. The average Bonchev–Trinajstić information content (AvgIpc) is 2.16. The molecule has 0 aliphatic carbocycles. The minimum absolute atomic E-state index is 0.0187. The summed E-state index contributed by atoms with van der Waals surface area (Å²) in [5.41, 5.74) is 0. The summed E-state index contributed by atoms with van der Waals surface area (Å²) in [6.07, 6.45) is 0.861. The zero-order chi connectivity index (χ0) is 11.0. The number of hydrogen-bond donors (Lipinski definition) is 1. The van der Waals surface area contributed by atoms with Crippen LogP contribution in [-0.4, -0.2) is 38.2 Å². The van der Waals surface area contributed by atoms with E-state index in [9.17, 15) is 9.59 Å². The van der Waals surface area contributed by atoms with E-state index in [1.54, 1.807) is 6.92 Å². The van der Waals surface area contributed by atoms with Crippen LogP contribution in [0, 0.1) is 0 Å². The van der Waals surface area contributed by atoms with Crippen molar-refractivity contribution in [1.82, 2.24) is 5.32 Å². The molecule has 0 aliphatic rings. The number of esters is 1. The van der Waals surface area contributed by atoms with Gasteiger partial charge < -0.3 is 14.8 Å². The molecule has 14 heavy (non-hydrogen) atoms. The van der Waals surface area contributed by atoms with E-state index >= 15 is 0 Å². The molecule has 0 radical (unpaired) electrons. The van der Waals surface area contributed by atoms with E-state index in [4.69, 9.17) is 4.74 Å². The summed E-state index contributed by atoms with van der Waals surface area (Å²) in [6, 6.07) is -0.627. The largest absolute Gasteiger partial charge is 0.467 e. The molecular formula is C9H17NO4. The normalized spacial score (nSPS) is 11.9. The van der Waals surface area contributed by atoms with Crippen LogP contribution in [0.25, 0.3) is 0 Å². The van der Waals surface area contributed by atoms with Crippen LogP contribution in [0.5, 0.6) is 0 Å². The lowest BCUT2D eigenvalue weighted by molar-refractivity contribution is -0.145. The molecule has 0 bridgehead atoms. The molecule has 0 fully saturated rings. The van der Waals surface area contributed by atoms with Crippen LogP contribution >= 0.6 is 0 Å². The molecule has 0 heterocycles. The van der Waals surface area contributed by atoms with E-state index in [1.807, 2.05) is 6.92 Å². The molecule has 0 aromatic heterocycles. The SMILES string of the molecule is CCCOCC(=O)NC(C)C(=O)OC. The molecule has 0 rings (SSSR count). The molecule has 0 saturated heterocycles. The standard InChI is InChI=1S/C9H17NO4/c1-4-5-14-6-8(11)10-7(2)9(12)13-3/h7H,4-6H2,1-3H3,(H,10,11). The van der Waals surface area contributed by atoms with Crippen molar-refractivity contribution in [3.63, 3.8) is 0 Å². The van der Waals surface area contributed by atoms with Gasteiger partial charge in [-0.1, -0.05) is 6.92 Å². The van der Waals surface area contributed by atoms with E-state index in [0.29, 0.717) is 6.61 Å². The van der Waals surface area contributed by atoms with Crippen molar-refractivity contribution in [1.29, 1.82) is 0 Å². The van der Waals surface area contributed by atoms with Gasteiger partial charge in [-0.3, -0.25) is 4.79 Å². The number of hydrogen-bond acceptors (Lipinski definition) is 4. The predicted molar refractivity (Wildman–Crippen MR) is 50.7 cm³/mol. The second-order valence-electron chi connectivity index (χ2n) is 2.86. The quantitative estimate of drug-likeness (QED) is 0.491. The molecule has 0 aromatic carbocycles. The molecule has 1 N–H and O–H groups in total. The zero-order valence-corrected chi connectivity index (χ0v) is 8.83. The first-order chi connectivity index (χ1) is 6.61. The van der Waals surface area contributed by atoms with Crippen LogP contribution in [0.3, 0.4) is 0 Å². The highest BCUT2D eigenvalue weighted by Gasteiger charge is 2.15. The fraction of sp³-hybridized carbons (Fsp3) is 0.778. The van der Waals surface area contributed by atoms with Crippen LogP contribution < -0.4 is 5.32 Å². The highest BCUT2D eigenvalue weighted by molar-refractivity contribution is 5.84. The topological polar surface area (TPSA) is 64.6 Å². The van der Waals surface area contributed by atoms with Crippen molar-refractivity contribution in [2.24, 2.45) is 0 Å². The summed E-state index contributed by atoms with van der Waals surface area (Å²) >= 11 is 0. The highest BCUT2D eigenvalue weighted by Crippen LogP contribution is 1.87. The molecule has 1 atom stereocenters. The number of rotatable bonds is 6. The van der Waals surface area contributed by atoms with Gasteiger partial charge in [-0.05, 0) is 13.3 Å². The minimum atomic E-state index is -0.627. The van der Waals surface area contributed by atoms with Crippen molar-refractivity contribution >= 4 is 11.9 Å². The molecule has 5 heteroatoms. The Morgan fingerprint density at radius 1 is 1.43 bits per heavy atom. The molecule has 5 nitrogen and oxygen atoms in total. The van der Waals surface area contributed by atoms with Gasteiger partial charge in [-0.2, -0.15) is 0 Å². The Hall–Kier alpha value is -1.10. The molecule has 0 spiro atoms. The van der Waals surface area contributed by atoms with Crippen molar-refractivity contribution in [3.05, 3.63) is 0 Å². The van der Waals surface area contributed by atoms with Crippen LogP contribution in [-0.2, 0) is 19.1 Å². The van der Waals surface area contributed by atoms with Crippen molar-refractivity contribution in [3.8, 4) is 0 Å². The first kappa shape index (κ1) is 12.9. The van der Waals surface area contributed by atoms with Gasteiger partial charge in [0.25, 0.3) is 0 Å². The number of nitrogens with one attached hydrogen (secondary N) is 1. The lowest BCUT2D eigenvalue weighted by atomic mass is 10.3. The van der Waals surface area contributed by atoms with E-state index < -0.39 is 12.0 Å². The van der Waals surface area contributed by atoms with Crippen molar-refractivity contribution in [2.45, 2.75) is 26.3 Å². The Kier molecular flexibility index (Phi) is 6.74. The third-order valence-corrected chi connectivity index (χ3v) is 1.51. The maximum absolute atomic E-state index is 11.1. The zero-order valence-electron chi connectivity index (χ0n) is 8.83. The number of amides is 1. The van der Waals surface area contributed by atoms with Gasteiger partial charge in [-0.15, -0.1) is 0 Å². The third-order valence-electron chi connectivity index (χ3n) is 1.51. The second kappa shape index (κ2) is 7.32. The van der Waals surface area contributed by atoms with Crippen molar-refractivity contribution in [2.75, 3.05) is 20.3 Å². The van der Waals surface area contributed by atoms with Gasteiger partial charge in [0.15, 0.2) is 0 Å². The monoisotopic (exact) mass is 203 g/mol. The van der Waals surface area contributed by atoms with Crippen molar-refractivity contribution < 1.29 is 19.1 Å². The number of ether oxygens (including phenoxy) is 2. The highest BCUT2D eigenvalue weighted by atomic mass is 16.5.